The van der Waals surface area contributed by atoms with Crippen LogP contribution in [-0.4, -0.2) is 34.4 Å². The van der Waals surface area contributed by atoms with Crippen LogP contribution in [0.1, 0.15) is 12.8 Å². The van der Waals surface area contributed by atoms with E-state index >= 15 is 0 Å². The molecule has 5 nitrogen and oxygen atoms in total. The maximum atomic E-state index is 11.0. The second kappa shape index (κ2) is 6.40. The average Bonchev–Trinajstić information content (AvgIpc) is 2.96. The number of carboxylic acids is 1. The third-order valence-electron chi connectivity index (χ3n) is 3.64. The van der Waals surface area contributed by atoms with E-state index in [2.05, 4.69) is 15.1 Å². The summed E-state index contributed by atoms with van der Waals surface area (Å²) in [5, 5.41) is 20.1. The standard InChI is InChI=1S/C14H13Cl2N3O2S/c15-10-5-9(6-11(16)7-10)12-17-18-14(22-12)19-3-1-8(2-4-19)13(20)21/h5-8H,1-4H2,(H,20,21). The third-order valence-corrected chi connectivity index (χ3v) is 5.11. The lowest BCUT2D eigenvalue weighted by Crippen LogP contribution is -2.36. The number of anilines is 1. The Hall–Kier alpha value is -1.37. The summed E-state index contributed by atoms with van der Waals surface area (Å²) in [7, 11) is 0. The Labute approximate surface area is 141 Å². The topological polar surface area (TPSA) is 66.3 Å². The number of rotatable bonds is 3. The van der Waals surface area contributed by atoms with E-state index in [-0.39, 0.29) is 5.92 Å². The molecule has 3 rings (SSSR count). The Morgan fingerprint density at radius 3 is 2.41 bits per heavy atom. The highest BCUT2D eigenvalue weighted by Gasteiger charge is 2.26. The molecule has 2 aromatic rings. The van der Waals surface area contributed by atoms with Crippen molar-refractivity contribution in [1.29, 1.82) is 0 Å². The third kappa shape index (κ3) is 3.34. The Kier molecular flexibility index (Phi) is 4.52. The second-order valence-corrected chi connectivity index (χ2v) is 6.98. The summed E-state index contributed by atoms with van der Waals surface area (Å²) >= 11 is 13.5. The number of piperidine rings is 1. The fourth-order valence-corrected chi connectivity index (χ4v) is 3.86. The summed E-state index contributed by atoms with van der Waals surface area (Å²) in [6.07, 6.45) is 1.26. The summed E-state index contributed by atoms with van der Waals surface area (Å²) in [6.45, 7) is 1.36. The number of hydrogen-bond acceptors (Lipinski definition) is 5. The van der Waals surface area contributed by atoms with Crippen molar-refractivity contribution >= 4 is 45.6 Å². The minimum atomic E-state index is -0.717. The van der Waals surface area contributed by atoms with Crippen molar-refractivity contribution in [1.82, 2.24) is 10.2 Å². The minimum Gasteiger partial charge on any atom is -0.481 e. The highest BCUT2D eigenvalue weighted by molar-refractivity contribution is 7.18. The zero-order valence-electron chi connectivity index (χ0n) is 11.5. The molecule has 1 N–H and O–H groups in total. The summed E-state index contributed by atoms with van der Waals surface area (Å²) in [5.74, 6) is -0.971. The summed E-state index contributed by atoms with van der Waals surface area (Å²) in [6, 6.07) is 5.27. The predicted molar refractivity (Wildman–Crippen MR) is 87.9 cm³/mol. The molecule has 0 radical (unpaired) electrons. The first kappa shape index (κ1) is 15.5. The van der Waals surface area contributed by atoms with Crippen LogP contribution in [0, 0.1) is 5.92 Å². The normalized spacial score (nSPS) is 16.0. The van der Waals surface area contributed by atoms with E-state index in [0.717, 1.165) is 15.7 Å². The Balaban J connectivity index is 1.75. The molecule has 1 aliphatic rings. The maximum Gasteiger partial charge on any atom is 0.306 e. The molecule has 8 heteroatoms. The van der Waals surface area contributed by atoms with Gasteiger partial charge in [0.05, 0.1) is 5.92 Å². The van der Waals surface area contributed by atoms with Gasteiger partial charge in [-0.05, 0) is 31.0 Å². The van der Waals surface area contributed by atoms with Gasteiger partial charge in [-0.3, -0.25) is 4.79 Å². The van der Waals surface area contributed by atoms with Crippen molar-refractivity contribution in [2.45, 2.75) is 12.8 Å². The number of nitrogens with zero attached hydrogens (tertiary/aromatic N) is 3. The SMILES string of the molecule is O=C(O)C1CCN(c2nnc(-c3cc(Cl)cc(Cl)c3)s2)CC1. The molecule has 1 aliphatic heterocycles. The van der Waals surface area contributed by atoms with Gasteiger partial charge in [0, 0.05) is 28.7 Å². The predicted octanol–water partition coefficient (Wildman–Crippen LogP) is 3.81. The first-order chi connectivity index (χ1) is 10.5. The zero-order chi connectivity index (χ0) is 15.7. The fraction of sp³-hybridized carbons (Fsp3) is 0.357. The largest absolute Gasteiger partial charge is 0.481 e. The van der Waals surface area contributed by atoms with E-state index in [9.17, 15) is 4.79 Å². The van der Waals surface area contributed by atoms with Gasteiger partial charge in [0.25, 0.3) is 0 Å². The lowest BCUT2D eigenvalue weighted by atomic mass is 9.98. The van der Waals surface area contributed by atoms with Gasteiger partial charge in [0.2, 0.25) is 5.13 Å². The van der Waals surface area contributed by atoms with Crippen LogP contribution in [0.15, 0.2) is 18.2 Å². The molecule has 0 spiro atoms. The minimum absolute atomic E-state index is 0.254. The van der Waals surface area contributed by atoms with Crippen LogP contribution in [0.3, 0.4) is 0 Å². The lowest BCUT2D eigenvalue weighted by Gasteiger charge is -2.29. The first-order valence-electron chi connectivity index (χ1n) is 6.80. The number of benzene rings is 1. The van der Waals surface area contributed by atoms with Gasteiger partial charge in [0.15, 0.2) is 0 Å². The zero-order valence-corrected chi connectivity index (χ0v) is 13.8. The van der Waals surface area contributed by atoms with Gasteiger partial charge < -0.3 is 10.0 Å². The molecule has 1 saturated heterocycles. The highest BCUT2D eigenvalue weighted by atomic mass is 35.5. The summed E-state index contributed by atoms with van der Waals surface area (Å²) in [4.78, 5) is 13.1. The maximum absolute atomic E-state index is 11.0. The Morgan fingerprint density at radius 2 is 1.82 bits per heavy atom. The van der Waals surface area contributed by atoms with Crippen LogP contribution in [-0.2, 0) is 4.79 Å². The number of hydrogen-bond donors (Lipinski definition) is 1. The molecule has 1 fully saturated rings. The van der Waals surface area contributed by atoms with Crippen LogP contribution < -0.4 is 4.90 Å². The molecule has 0 aliphatic carbocycles. The number of aliphatic carboxylic acids is 1. The number of aromatic nitrogens is 2. The molecule has 0 unspecified atom stereocenters. The molecule has 0 saturated carbocycles. The molecule has 1 aromatic carbocycles. The molecule has 0 amide bonds. The molecule has 1 aromatic heterocycles. The van der Waals surface area contributed by atoms with E-state index in [0.29, 0.717) is 36.0 Å². The van der Waals surface area contributed by atoms with Crippen LogP contribution >= 0.6 is 34.5 Å². The smallest absolute Gasteiger partial charge is 0.306 e. The lowest BCUT2D eigenvalue weighted by molar-refractivity contribution is -0.142. The van der Waals surface area contributed by atoms with Crippen molar-refractivity contribution < 1.29 is 9.90 Å². The van der Waals surface area contributed by atoms with Crippen LogP contribution in [0.25, 0.3) is 10.6 Å². The van der Waals surface area contributed by atoms with Crippen molar-refractivity contribution in [2.24, 2.45) is 5.92 Å². The number of carboxylic acid groups (broad SMARTS) is 1. The van der Waals surface area contributed by atoms with Crippen molar-refractivity contribution in [3.63, 3.8) is 0 Å². The van der Waals surface area contributed by atoms with Crippen LogP contribution in [0.4, 0.5) is 5.13 Å². The van der Waals surface area contributed by atoms with Gasteiger partial charge in [-0.15, -0.1) is 10.2 Å². The Bertz CT molecular complexity index is 679. The van der Waals surface area contributed by atoms with Gasteiger partial charge in [0.1, 0.15) is 5.01 Å². The van der Waals surface area contributed by atoms with Crippen LogP contribution in [0.2, 0.25) is 10.0 Å². The summed E-state index contributed by atoms with van der Waals surface area (Å²) < 4.78 is 0. The monoisotopic (exact) mass is 357 g/mol. The molecule has 0 atom stereocenters. The fourth-order valence-electron chi connectivity index (χ4n) is 2.45. The van der Waals surface area contributed by atoms with Crippen LogP contribution in [0.5, 0.6) is 0 Å². The molecule has 116 valence electrons. The van der Waals surface area contributed by atoms with Gasteiger partial charge in [-0.1, -0.05) is 34.5 Å². The van der Waals surface area contributed by atoms with E-state index in [4.69, 9.17) is 28.3 Å². The molecular formula is C14H13Cl2N3O2S. The quantitative estimate of drug-likeness (QED) is 0.904. The van der Waals surface area contributed by atoms with Gasteiger partial charge in [-0.2, -0.15) is 0 Å². The second-order valence-electron chi connectivity index (χ2n) is 5.15. The van der Waals surface area contributed by atoms with E-state index < -0.39 is 5.97 Å². The Morgan fingerprint density at radius 1 is 1.18 bits per heavy atom. The van der Waals surface area contributed by atoms with Gasteiger partial charge in [-0.25, -0.2) is 0 Å². The number of halogens is 2. The van der Waals surface area contributed by atoms with Gasteiger partial charge >= 0.3 is 5.97 Å². The molecular weight excluding hydrogens is 345 g/mol. The van der Waals surface area contributed by atoms with E-state index in [1.807, 2.05) is 0 Å². The first-order valence-corrected chi connectivity index (χ1v) is 8.38. The molecule has 2 heterocycles. The number of carbonyl (C=O) groups is 1. The van der Waals surface area contributed by atoms with Crippen molar-refractivity contribution in [2.75, 3.05) is 18.0 Å². The average molecular weight is 358 g/mol. The summed E-state index contributed by atoms with van der Waals surface area (Å²) in [5.41, 5.74) is 0.835. The molecule has 22 heavy (non-hydrogen) atoms. The van der Waals surface area contributed by atoms with E-state index in [1.54, 1.807) is 18.2 Å². The van der Waals surface area contributed by atoms with E-state index in [1.165, 1.54) is 11.3 Å². The van der Waals surface area contributed by atoms with Crippen molar-refractivity contribution in [3.8, 4) is 10.6 Å². The highest BCUT2D eigenvalue weighted by Crippen LogP contribution is 2.33. The van der Waals surface area contributed by atoms with Crippen molar-refractivity contribution in [3.05, 3.63) is 28.2 Å². The molecule has 0 bridgehead atoms.